The Bertz CT molecular complexity index is 468. The summed E-state index contributed by atoms with van der Waals surface area (Å²) in [4.78, 5) is 4.10. The minimum atomic E-state index is 0.166. The van der Waals surface area contributed by atoms with E-state index in [1.165, 1.54) is 0 Å². The molecule has 0 aliphatic rings. The van der Waals surface area contributed by atoms with Crippen molar-refractivity contribution >= 4 is 10.9 Å². The molecule has 0 atom stereocenters. The van der Waals surface area contributed by atoms with Crippen LogP contribution in [0.1, 0.15) is 13.3 Å². The minimum Gasteiger partial charge on any atom is -0.506 e. The van der Waals surface area contributed by atoms with Crippen LogP contribution in [0.3, 0.4) is 0 Å². The summed E-state index contributed by atoms with van der Waals surface area (Å²) in [6.07, 6.45) is 2.61. The highest BCUT2D eigenvalue weighted by Gasteiger charge is 2.03. The van der Waals surface area contributed by atoms with Crippen LogP contribution in [0, 0.1) is 0 Å². The second kappa shape index (κ2) is 4.17. The van der Waals surface area contributed by atoms with E-state index in [1.807, 2.05) is 25.1 Å². The summed E-state index contributed by atoms with van der Waals surface area (Å²) in [5.74, 6) is 0.856. The number of phenols is 1. The molecule has 0 spiro atoms. The summed E-state index contributed by atoms with van der Waals surface area (Å²) in [6, 6.07) is 7.23. The molecular weight excluding hydrogens is 190 g/mol. The molecule has 2 aromatic rings. The Morgan fingerprint density at radius 3 is 3.07 bits per heavy atom. The van der Waals surface area contributed by atoms with Crippen molar-refractivity contribution in [3.63, 3.8) is 0 Å². The van der Waals surface area contributed by atoms with Gasteiger partial charge < -0.3 is 9.84 Å². The number of aromatic nitrogens is 1. The first-order valence-corrected chi connectivity index (χ1v) is 5.02. The van der Waals surface area contributed by atoms with E-state index >= 15 is 0 Å². The van der Waals surface area contributed by atoms with Gasteiger partial charge in [0.05, 0.1) is 6.61 Å². The lowest BCUT2D eigenvalue weighted by atomic mass is 10.2. The van der Waals surface area contributed by atoms with Gasteiger partial charge in [0.2, 0.25) is 0 Å². The molecule has 0 aliphatic heterocycles. The molecule has 0 fully saturated rings. The van der Waals surface area contributed by atoms with E-state index in [2.05, 4.69) is 4.98 Å². The Balaban J connectivity index is 2.43. The molecule has 0 radical (unpaired) electrons. The van der Waals surface area contributed by atoms with Crippen molar-refractivity contribution in [2.45, 2.75) is 13.3 Å². The molecule has 78 valence electrons. The van der Waals surface area contributed by atoms with E-state index in [4.69, 9.17) is 4.74 Å². The second-order valence-electron chi connectivity index (χ2n) is 3.37. The molecule has 2 rings (SSSR count). The van der Waals surface area contributed by atoms with Crippen LogP contribution in [0.2, 0.25) is 0 Å². The SMILES string of the molecule is CCCOc1cc(O)c2ncccc2c1. The van der Waals surface area contributed by atoms with Crippen molar-refractivity contribution in [2.75, 3.05) is 6.61 Å². The maximum atomic E-state index is 9.71. The van der Waals surface area contributed by atoms with Crippen LogP contribution >= 0.6 is 0 Å². The number of hydrogen-bond donors (Lipinski definition) is 1. The van der Waals surface area contributed by atoms with Gasteiger partial charge in [-0.15, -0.1) is 0 Å². The first kappa shape index (κ1) is 9.77. The minimum absolute atomic E-state index is 0.166. The molecule has 3 heteroatoms. The average Bonchev–Trinajstić information content (AvgIpc) is 2.26. The highest BCUT2D eigenvalue weighted by atomic mass is 16.5. The van der Waals surface area contributed by atoms with Gasteiger partial charge in [-0.2, -0.15) is 0 Å². The summed E-state index contributed by atoms with van der Waals surface area (Å²) in [6.45, 7) is 2.70. The van der Waals surface area contributed by atoms with E-state index in [0.29, 0.717) is 17.9 Å². The summed E-state index contributed by atoms with van der Waals surface area (Å²) >= 11 is 0. The standard InChI is InChI=1S/C12H13NO2/c1-2-6-15-10-7-9-4-3-5-13-12(9)11(14)8-10/h3-5,7-8,14H,2,6H2,1H3. The molecule has 0 unspecified atom stereocenters. The number of nitrogens with zero attached hydrogens (tertiary/aromatic N) is 1. The van der Waals surface area contributed by atoms with Gasteiger partial charge in [-0.05, 0) is 18.6 Å². The van der Waals surface area contributed by atoms with Gasteiger partial charge in [0.1, 0.15) is 17.0 Å². The van der Waals surface area contributed by atoms with Gasteiger partial charge >= 0.3 is 0 Å². The maximum Gasteiger partial charge on any atom is 0.145 e. The molecule has 1 aromatic heterocycles. The van der Waals surface area contributed by atoms with Gasteiger partial charge in [0.15, 0.2) is 0 Å². The van der Waals surface area contributed by atoms with E-state index in [0.717, 1.165) is 11.8 Å². The number of ether oxygens (including phenoxy) is 1. The first-order chi connectivity index (χ1) is 7.31. The largest absolute Gasteiger partial charge is 0.506 e. The number of phenolic OH excluding ortho intramolecular Hbond substituents is 1. The van der Waals surface area contributed by atoms with Crippen molar-refractivity contribution in [1.82, 2.24) is 4.98 Å². The number of benzene rings is 1. The Kier molecular flexibility index (Phi) is 2.72. The molecule has 0 saturated carbocycles. The van der Waals surface area contributed by atoms with Crippen LogP contribution in [0.15, 0.2) is 30.5 Å². The summed E-state index contributed by atoms with van der Waals surface area (Å²) in [5, 5.41) is 10.6. The molecule has 3 nitrogen and oxygen atoms in total. The predicted octanol–water partition coefficient (Wildman–Crippen LogP) is 2.73. The fourth-order valence-electron chi connectivity index (χ4n) is 1.45. The van der Waals surface area contributed by atoms with Gasteiger partial charge in [-0.1, -0.05) is 13.0 Å². The lowest BCUT2D eigenvalue weighted by molar-refractivity contribution is 0.316. The molecule has 0 bridgehead atoms. The zero-order valence-electron chi connectivity index (χ0n) is 8.60. The van der Waals surface area contributed by atoms with Crippen molar-refractivity contribution < 1.29 is 9.84 Å². The molecule has 0 saturated heterocycles. The van der Waals surface area contributed by atoms with Crippen molar-refractivity contribution in [3.8, 4) is 11.5 Å². The van der Waals surface area contributed by atoms with Crippen LogP contribution < -0.4 is 4.74 Å². The Morgan fingerprint density at radius 1 is 1.40 bits per heavy atom. The third kappa shape index (κ3) is 2.01. The summed E-state index contributed by atoms with van der Waals surface area (Å²) < 4.78 is 5.46. The molecule has 1 N–H and O–H groups in total. The van der Waals surface area contributed by atoms with Crippen LogP contribution in [0.5, 0.6) is 11.5 Å². The van der Waals surface area contributed by atoms with Crippen LogP contribution in [0.25, 0.3) is 10.9 Å². The van der Waals surface area contributed by atoms with Gasteiger partial charge in [-0.3, -0.25) is 4.98 Å². The summed E-state index contributed by atoms with van der Waals surface area (Å²) in [7, 11) is 0. The molecule has 0 aliphatic carbocycles. The smallest absolute Gasteiger partial charge is 0.145 e. The topological polar surface area (TPSA) is 42.4 Å². The van der Waals surface area contributed by atoms with Crippen molar-refractivity contribution in [2.24, 2.45) is 0 Å². The van der Waals surface area contributed by atoms with Crippen molar-refractivity contribution in [3.05, 3.63) is 30.5 Å². The Hall–Kier alpha value is -1.77. The number of pyridine rings is 1. The van der Waals surface area contributed by atoms with Gasteiger partial charge in [0, 0.05) is 17.6 Å². The maximum absolute atomic E-state index is 9.71. The first-order valence-electron chi connectivity index (χ1n) is 5.02. The second-order valence-corrected chi connectivity index (χ2v) is 3.37. The number of fused-ring (bicyclic) bond motifs is 1. The fraction of sp³-hybridized carbons (Fsp3) is 0.250. The van der Waals surface area contributed by atoms with Crippen molar-refractivity contribution in [1.29, 1.82) is 0 Å². The number of rotatable bonds is 3. The number of hydrogen-bond acceptors (Lipinski definition) is 3. The van der Waals surface area contributed by atoms with E-state index in [-0.39, 0.29) is 5.75 Å². The highest BCUT2D eigenvalue weighted by Crippen LogP contribution is 2.28. The third-order valence-electron chi connectivity index (χ3n) is 2.13. The van der Waals surface area contributed by atoms with E-state index < -0.39 is 0 Å². The van der Waals surface area contributed by atoms with Gasteiger partial charge in [0.25, 0.3) is 0 Å². The predicted molar refractivity (Wildman–Crippen MR) is 59.2 cm³/mol. The fourth-order valence-corrected chi connectivity index (χ4v) is 1.45. The molecular formula is C12H13NO2. The van der Waals surface area contributed by atoms with Crippen LogP contribution in [-0.2, 0) is 0 Å². The summed E-state index contributed by atoms with van der Waals surface area (Å²) in [5.41, 5.74) is 0.612. The third-order valence-corrected chi connectivity index (χ3v) is 2.13. The van der Waals surface area contributed by atoms with E-state index in [9.17, 15) is 5.11 Å². The lowest BCUT2D eigenvalue weighted by Crippen LogP contribution is -1.94. The Labute approximate surface area is 88.3 Å². The monoisotopic (exact) mass is 203 g/mol. The average molecular weight is 203 g/mol. The van der Waals surface area contributed by atoms with E-state index in [1.54, 1.807) is 12.3 Å². The zero-order chi connectivity index (χ0) is 10.7. The normalized spacial score (nSPS) is 10.5. The molecule has 1 aromatic carbocycles. The van der Waals surface area contributed by atoms with Gasteiger partial charge in [-0.25, -0.2) is 0 Å². The lowest BCUT2D eigenvalue weighted by Gasteiger charge is -2.06. The van der Waals surface area contributed by atoms with Crippen LogP contribution in [0.4, 0.5) is 0 Å². The number of aromatic hydroxyl groups is 1. The Morgan fingerprint density at radius 2 is 2.27 bits per heavy atom. The highest BCUT2D eigenvalue weighted by molar-refractivity contribution is 5.85. The quantitative estimate of drug-likeness (QED) is 0.834. The molecule has 0 amide bonds. The molecule has 1 heterocycles. The zero-order valence-corrected chi connectivity index (χ0v) is 8.60. The van der Waals surface area contributed by atoms with Crippen LogP contribution in [-0.4, -0.2) is 16.7 Å². The molecule has 15 heavy (non-hydrogen) atoms.